The Morgan fingerprint density at radius 1 is 1.38 bits per heavy atom. The summed E-state index contributed by atoms with van der Waals surface area (Å²) in [5, 5.41) is 6.86. The molecule has 0 aliphatic rings. The summed E-state index contributed by atoms with van der Waals surface area (Å²) in [6, 6.07) is 0.411. The maximum Gasteiger partial charge on any atom is 0.321 e. The lowest BCUT2D eigenvalue weighted by Gasteiger charge is -2.02. The Morgan fingerprint density at radius 2 is 2.25 bits per heavy atom. The maximum atomic E-state index is 5.03. The van der Waals surface area contributed by atoms with E-state index in [4.69, 9.17) is 4.52 Å². The first kappa shape index (κ1) is 10.5. The van der Waals surface area contributed by atoms with Crippen molar-refractivity contribution in [1.82, 2.24) is 20.1 Å². The van der Waals surface area contributed by atoms with E-state index in [-0.39, 0.29) is 0 Å². The lowest BCUT2D eigenvalue weighted by Crippen LogP contribution is -2.07. The summed E-state index contributed by atoms with van der Waals surface area (Å²) in [5.74, 6) is 0.964. The molecule has 1 N–H and O–H groups in total. The molecule has 0 radical (unpaired) electrons. The fourth-order valence-electron chi connectivity index (χ4n) is 1.11. The third-order valence-electron chi connectivity index (χ3n) is 1.88. The van der Waals surface area contributed by atoms with Gasteiger partial charge in [0.25, 0.3) is 0 Å². The van der Waals surface area contributed by atoms with E-state index in [0.717, 1.165) is 6.54 Å². The predicted molar refractivity (Wildman–Crippen MR) is 58.7 cm³/mol. The Kier molecular flexibility index (Phi) is 3.09. The summed E-state index contributed by atoms with van der Waals surface area (Å²) in [6.45, 7) is 5.00. The summed E-state index contributed by atoms with van der Waals surface area (Å²) in [4.78, 5) is 12.2. The monoisotopic (exact) mass is 219 g/mol. The maximum absolute atomic E-state index is 5.03. The highest BCUT2D eigenvalue weighted by Gasteiger charge is 2.09. The molecule has 16 heavy (non-hydrogen) atoms. The van der Waals surface area contributed by atoms with Crippen molar-refractivity contribution in [3.05, 3.63) is 18.6 Å². The molecular weight excluding hydrogens is 206 g/mol. The first-order chi connectivity index (χ1) is 7.75. The minimum atomic E-state index is 0.411. The van der Waals surface area contributed by atoms with E-state index in [9.17, 15) is 0 Å². The van der Waals surface area contributed by atoms with Gasteiger partial charge in [0.15, 0.2) is 0 Å². The number of rotatable bonds is 4. The molecule has 0 bridgehead atoms. The third-order valence-corrected chi connectivity index (χ3v) is 1.88. The van der Waals surface area contributed by atoms with Crippen molar-refractivity contribution < 1.29 is 4.52 Å². The Hall–Kier alpha value is -1.98. The zero-order valence-corrected chi connectivity index (χ0v) is 9.21. The molecule has 0 spiro atoms. The molecule has 6 heteroatoms. The molecule has 0 amide bonds. The van der Waals surface area contributed by atoms with E-state index in [2.05, 4.69) is 39.3 Å². The van der Waals surface area contributed by atoms with Gasteiger partial charge in [-0.15, -0.1) is 0 Å². The van der Waals surface area contributed by atoms with Crippen molar-refractivity contribution in [2.24, 2.45) is 5.92 Å². The highest BCUT2D eigenvalue weighted by molar-refractivity contribution is 5.47. The van der Waals surface area contributed by atoms with Gasteiger partial charge in [-0.2, -0.15) is 4.98 Å². The van der Waals surface area contributed by atoms with Gasteiger partial charge in [-0.3, -0.25) is 4.98 Å². The molecule has 0 saturated heterocycles. The van der Waals surface area contributed by atoms with Crippen LogP contribution in [0.5, 0.6) is 0 Å². The minimum Gasteiger partial charge on any atom is -0.337 e. The number of nitrogens with one attached hydrogen (secondary N) is 1. The molecule has 0 unspecified atom stereocenters. The van der Waals surface area contributed by atoms with Crippen LogP contribution >= 0.6 is 0 Å². The van der Waals surface area contributed by atoms with Crippen LogP contribution < -0.4 is 5.32 Å². The van der Waals surface area contributed by atoms with Crippen molar-refractivity contribution in [2.75, 3.05) is 11.9 Å². The van der Waals surface area contributed by atoms with Crippen LogP contribution in [0.2, 0.25) is 0 Å². The van der Waals surface area contributed by atoms with Gasteiger partial charge in [-0.25, -0.2) is 4.98 Å². The Labute approximate surface area is 93.1 Å². The molecule has 0 atom stereocenters. The molecule has 2 aromatic heterocycles. The summed E-state index contributed by atoms with van der Waals surface area (Å²) in [7, 11) is 0. The standard InChI is InChI=1S/C10H13N5O/c1-7(2)5-13-10-14-9(15-16-10)8-6-11-3-4-12-8/h3-4,6-7H,5H2,1-2H3,(H,13,14,15). The van der Waals surface area contributed by atoms with E-state index in [1.807, 2.05) is 0 Å². The van der Waals surface area contributed by atoms with Crippen LogP contribution in [0.1, 0.15) is 13.8 Å². The van der Waals surface area contributed by atoms with E-state index >= 15 is 0 Å². The fraction of sp³-hybridized carbons (Fsp3) is 0.400. The highest BCUT2D eigenvalue weighted by Crippen LogP contribution is 2.13. The van der Waals surface area contributed by atoms with Crippen molar-refractivity contribution in [3.8, 4) is 11.5 Å². The predicted octanol–water partition coefficient (Wildman–Crippen LogP) is 1.59. The van der Waals surface area contributed by atoms with E-state index in [0.29, 0.717) is 23.5 Å². The average Bonchev–Trinajstić information content (AvgIpc) is 2.76. The summed E-state index contributed by atoms with van der Waals surface area (Å²) in [5.41, 5.74) is 0.601. The smallest absolute Gasteiger partial charge is 0.321 e. The second-order valence-corrected chi connectivity index (χ2v) is 3.79. The first-order valence-corrected chi connectivity index (χ1v) is 5.09. The molecule has 0 aromatic carbocycles. The quantitative estimate of drug-likeness (QED) is 0.841. The van der Waals surface area contributed by atoms with Gasteiger partial charge in [0.2, 0.25) is 5.82 Å². The van der Waals surface area contributed by atoms with Gasteiger partial charge in [0.1, 0.15) is 5.69 Å². The molecule has 0 fully saturated rings. The van der Waals surface area contributed by atoms with Gasteiger partial charge >= 0.3 is 6.01 Å². The Balaban J connectivity index is 2.08. The zero-order chi connectivity index (χ0) is 11.4. The average molecular weight is 219 g/mol. The lowest BCUT2D eigenvalue weighted by atomic mass is 10.2. The molecule has 0 aliphatic carbocycles. The molecule has 2 heterocycles. The number of anilines is 1. The van der Waals surface area contributed by atoms with Crippen LogP contribution in [-0.4, -0.2) is 26.7 Å². The molecule has 2 aromatic rings. The van der Waals surface area contributed by atoms with Crippen LogP contribution in [0.4, 0.5) is 6.01 Å². The summed E-state index contributed by atoms with van der Waals surface area (Å²) >= 11 is 0. The van der Waals surface area contributed by atoms with Gasteiger partial charge in [-0.05, 0) is 5.92 Å². The Bertz CT molecular complexity index is 439. The second kappa shape index (κ2) is 4.69. The largest absolute Gasteiger partial charge is 0.337 e. The molecule has 0 aliphatic heterocycles. The van der Waals surface area contributed by atoms with Crippen molar-refractivity contribution in [2.45, 2.75) is 13.8 Å². The second-order valence-electron chi connectivity index (χ2n) is 3.79. The Morgan fingerprint density at radius 3 is 2.94 bits per heavy atom. The number of nitrogens with zero attached hydrogens (tertiary/aromatic N) is 4. The third kappa shape index (κ3) is 2.53. The molecule has 84 valence electrons. The minimum absolute atomic E-state index is 0.411. The number of hydrogen-bond acceptors (Lipinski definition) is 6. The molecular formula is C10H13N5O. The van der Waals surface area contributed by atoms with Crippen LogP contribution in [0, 0.1) is 5.92 Å². The fourth-order valence-corrected chi connectivity index (χ4v) is 1.11. The van der Waals surface area contributed by atoms with Crippen LogP contribution in [0.25, 0.3) is 11.5 Å². The lowest BCUT2D eigenvalue weighted by molar-refractivity contribution is 0.429. The normalized spacial score (nSPS) is 10.7. The van der Waals surface area contributed by atoms with Gasteiger partial charge < -0.3 is 9.84 Å². The van der Waals surface area contributed by atoms with Crippen LogP contribution in [0.15, 0.2) is 23.1 Å². The topological polar surface area (TPSA) is 76.7 Å². The van der Waals surface area contributed by atoms with Gasteiger partial charge in [0, 0.05) is 18.9 Å². The van der Waals surface area contributed by atoms with Gasteiger partial charge in [0.05, 0.1) is 6.20 Å². The summed E-state index contributed by atoms with van der Waals surface area (Å²) < 4.78 is 5.03. The first-order valence-electron chi connectivity index (χ1n) is 5.09. The van der Waals surface area contributed by atoms with E-state index < -0.39 is 0 Å². The molecule has 2 rings (SSSR count). The summed E-state index contributed by atoms with van der Waals surface area (Å²) in [6.07, 6.45) is 4.78. The van der Waals surface area contributed by atoms with Crippen molar-refractivity contribution >= 4 is 6.01 Å². The van der Waals surface area contributed by atoms with Crippen molar-refractivity contribution in [3.63, 3.8) is 0 Å². The van der Waals surface area contributed by atoms with E-state index in [1.165, 1.54) is 0 Å². The zero-order valence-electron chi connectivity index (χ0n) is 9.21. The van der Waals surface area contributed by atoms with Crippen LogP contribution in [-0.2, 0) is 0 Å². The van der Waals surface area contributed by atoms with Crippen molar-refractivity contribution in [1.29, 1.82) is 0 Å². The molecule has 6 nitrogen and oxygen atoms in total. The molecule has 0 saturated carbocycles. The number of aromatic nitrogens is 4. The highest BCUT2D eigenvalue weighted by atomic mass is 16.5. The SMILES string of the molecule is CC(C)CNc1nc(-c2cnccn2)no1. The van der Waals surface area contributed by atoms with E-state index in [1.54, 1.807) is 18.6 Å². The van der Waals surface area contributed by atoms with Crippen LogP contribution in [0.3, 0.4) is 0 Å². The van der Waals surface area contributed by atoms with Gasteiger partial charge in [-0.1, -0.05) is 19.0 Å². The number of hydrogen-bond donors (Lipinski definition) is 1.